The summed E-state index contributed by atoms with van der Waals surface area (Å²) >= 11 is 0. The summed E-state index contributed by atoms with van der Waals surface area (Å²) in [5.74, 6) is -1.10. The van der Waals surface area contributed by atoms with E-state index in [0.717, 1.165) is 17.5 Å². The molecule has 2 rings (SSSR count). The van der Waals surface area contributed by atoms with E-state index in [0.29, 0.717) is 19.6 Å². The van der Waals surface area contributed by atoms with Gasteiger partial charge in [0.1, 0.15) is 0 Å². The summed E-state index contributed by atoms with van der Waals surface area (Å²) in [5, 5.41) is 8.99. The highest BCUT2D eigenvalue weighted by atomic mass is 16.4. The molecule has 1 atom stereocenters. The minimum atomic E-state index is -0.943. The Kier molecular flexibility index (Phi) is 3.85. The summed E-state index contributed by atoms with van der Waals surface area (Å²) in [7, 11) is 0. The van der Waals surface area contributed by atoms with Gasteiger partial charge in [0, 0.05) is 25.6 Å². The maximum absolute atomic E-state index is 12.1. The molecule has 0 fully saturated rings. The second-order valence-electron chi connectivity index (χ2n) is 4.94. The van der Waals surface area contributed by atoms with E-state index in [9.17, 15) is 9.59 Å². The summed E-state index contributed by atoms with van der Waals surface area (Å²) in [4.78, 5) is 24.8. The largest absolute Gasteiger partial charge is 0.478 e. The van der Waals surface area contributed by atoms with Crippen molar-refractivity contribution < 1.29 is 14.7 Å². The second-order valence-corrected chi connectivity index (χ2v) is 4.94. The van der Waals surface area contributed by atoms with Crippen molar-refractivity contribution in [3.05, 3.63) is 34.9 Å². The van der Waals surface area contributed by atoms with E-state index in [1.165, 1.54) is 0 Å². The van der Waals surface area contributed by atoms with Crippen LogP contribution in [0.5, 0.6) is 0 Å². The molecule has 1 amide bonds. The highest BCUT2D eigenvalue weighted by Crippen LogP contribution is 2.21. The van der Waals surface area contributed by atoms with Crippen molar-refractivity contribution >= 4 is 11.9 Å². The predicted molar refractivity (Wildman–Crippen MR) is 70.7 cm³/mol. The minimum absolute atomic E-state index is 0.0360. The number of carboxylic acids is 1. The maximum Gasteiger partial charge on any atom is 0.335 e. The first-order chi connectivity index (χ1) is 9.02. The molecular formula is C14H18N2O3. The van der Waals surface area contributed by atoms with Gasteiger partial charge in [-0.1, -0.05) is 13.0 Å². The highest BCUT2D eigenvalue weighted by molar-refractivity contribution is 5.88. The molecule has 1 aromatic rings. The number of fused-ring (bicyclic) bond motifs is 1. The molecule has 0 radical (unpaired) electrons. The molecule has 3 N–H and O–H groups in total. The van der Waals surface area contributed by atoms with Crippen LogP contribution in [0.1, 0.15) is 28.4 Å². The van der Waals surface area contributed by atoms with Gasteiger partial charge in [0.05, 0.1) is 5.56 Å². The zero-order valence-corrected chi connectivity index (χ0v) is 10.9. The van der Waals surface area contributed by atoms with Crippen LogP contribution in [-0.4, -0.2) is 35.0 Å². The van der Waals surface area contributed by atoms with E-state index in [2.05, 4.69) is 0 Å². The lowest BCUT2D eigenvalue weighted by atomic mass is 9.96. The third-order valence-electron chi connectivity index (χ3n) is 3.55. The van der Waals surface area contributed by atoms with Crippen LogP contribution in [-0.2, 0) is 17.8 Å². The van der Waals surface area contributed by atoms with Crippen molar-refractivity contribution in [1.29, 1.82) is 0 Å². The molecule has 1 aliphatic heterocycles. The molecule has 19 heavy (non-hydrogen) atoms. The smallest absolute Gasteiger partial charge is 0.335 e. The zero-order chi connectivity index (χ0) is 14.0. The van der Waals surface area contributed by atoms with Gasteiger partial charge in [0.25, 0.3) is 0 Å². The van der Waals surface area contributed by atoms with Gasteiger partial charge >= 0.3 is 5.97 Å². The fourth-order valence-electron chi connectivity index (χ4n) is 2.29. The monoisotopic (exact) mass is 262 g/mol. The normalized spacial score (nSPS) is 15.8. The SMILES string of the molecule is CC(CN)C(=O)N1CCc2ccc(C(=O)O)cc2C1. The molecule has 0 bridgehead atoms. The molecule has 102 valence electrons. The zero-order valence-electron chi connectivity index (χ0n) is 10.9. The first kappa shape index (κ1) is 13.5. The van der Waals surface area contributed by atoms with E-state index in [1.807, 2.05) is 13.0 Å². The molecule has 1 heterocycles. The van der Waals surface area contributed by atoms with Crippen molar-refractivity contribution in [3.8, 4) is 0 Å². The summed E-state index contributed by atoms with van der Waals surface area (Å²) in [6.45, 7) is 3.28. The van der Waals surface area contributed by atoms with Crippen molar-refractivity contribution in [2.45, 2.75) is 19.9 Å². The maximum atomic E-state index is 12.1. The molecule has 0 saturated carbocycles. The van der Waals surface area contributed by atoms with Gasteiger partial charge in [-0.2, -0.15) is 0 Å². The molecule has 5 heteroatoms. The Hall–Kier alpha value is -1.88. The number of carbonyl (C=O) groups excluding carboxylic acids is 1. The van der Waals surface area contributed by atoms with E-state index in [1.54, 1.807) is 17.0 Å². The van der Waals surface area contributed by atoms with Crippen LogP contribution >= 0.6 is 0 Å². The number of amides is 1. The molecule has 1 aromatic carbocycles. The average molecular weight is 262 g/mol. The molecule has 0 aliphatic carbocycles. The lowest BCUT2D eigenvalue weighted by Crippen LogP contribution is -2.41. The average Bonchev–Trinajstić information content (AvgIpc) is 2.44. The molecular weight excluding hydrogens is 244 g/mol. The third-order valence-corrected chi connectivity index (χ3v) is 3.55. The van der Waals surface area contributed by atoms with Crippen LogP contribution in [0, 0.1) is 5.92 Å². The Morgan fingerprint density at radius 1 is 1.42 bits per heavy atom. The summed E-state index contributed by atoms with van der Waals surface area (Å²) in [6.07, 6.45) is 0.762. The Bertz CT molecular complexity index is 513. The first-order valence-electron chi connectivity index (χ1n) is 6.37. The Labute approximate surface area is 112 Å². The van der Waals surface area contributed by atoms with Crippen molar-refractivity contribution in [2.24, 2.45) is 11.7 Å². The van der Waals surface area contributed by atoms with Crippen molar-refractivity contribution in [1.82, 2.24) is 4.90 Å². The second kappa shape index (κ2) is 5.40. The summed E-state index contributed by atoms with van der Waals surface area (Å²) in [6, 6.07) is 5.11. The molecule has 1 unspecified atom stereocenters. The number of nitrogens with two attached hydrogens (primary N) is 1. The number of carbonyl (C=O) groups is 2. The number of hydrogen-bond donors (Lipinski definition) is 2. The number of aromatic carboxylic acids is 1. The Balaban J connectivity index is 2.20. The van der Waals surface area contributed by atoms with Crippen LogP contribution in [0.25, 0.3) is 0 Å². The van der Waals surface area contributed by atoms with Gasteiger partial charge in [-0.3, -0.25) is 4.79 Å². The lowest BCUT2D eigenvalue weighted by Gasteiger charge is -2.30. The third kappa shape index (κ3) is 2.76. The van der Waals surface area contributed by atoms with E-state index in [4.69, 9.17) is 10.8 Å². The number of rotatable bonds is 3. The van der Waals surface area contributed by atoms with E-state index < -0.39 is 5.97 Å². The summed E-state index contributed by atoms with van der Waals surface area (Å²) in [5.41, 5.74) is 7.82. The lowest BCUT2D eigenvalue weighted by molar-refractivity contribution is -0.135. The topological polar surface area (TPSA) is 83.6 Å². The van der Waals surface area contributed by atoms with Crippen LogP contribution < -0.4 is 5.73 Å². The molecule has 0 spiro atoms. The van der Waals surface area contributed by atoms with Gasteiger partial charge < -0.3 is 15.7 Å². The Morgan fingerprint density at radius 3 is 2.79 bits per heavy atom. The van der Waals surface area contributed by atoms with Crippen LogP contribution in [0.15, 0.2) is 18.2 Å². The molecule has 0 saturated heterocycles. The quantitative estimate of drug-likeness (QED) is 0.846. The number of benzene rings is 1. The molecule has 5 nitrogen and oxygen atoms in total. The van der Waals surface area contributed by atoms with Crippen LogP contribution in [0.3, 0.4) is 0 Å². The summed E-state index contributed by atoms with van der Waals surface area (Å²) < 4.78 is 0. The number of hydrogen-bond acceptors (Lipinski definition) is 3. The first-order valence-corrected chi connectivity index (χ1v) is 6.37. The Morgan fingerprint density at radius 2 is 2.16 bits per heavy atom. The van der Waals surface area contributed by atoms with Gasteiger partial charge in [-0.15, -0.1) is 0 Å². The van der Waals surface area contributed by atoms with Gasteiger partial charge in [-0.05, 0) is 29.7 Å². The van der Waals surface area contributed by atoms with Gasteiger partial charge in [-0.25, -0.2) is 4.79 Å². The van der Waals surface area contributed by atoms with Gasteiger partial charge in [0.15, 0.2) is 0 Å². The minimum Gasteiger partial charge on any atom is -0.478 e. The fraction of sp³-hybridized carbons (Fsp3) is 0.429. The number of nitrogens with zero attached hydrogens (tertiary/aromatic N) is 1. The van der Waals surface area contributed by atoms with Crippen LogP contribution in [0.4, 0.5) is 0 Å². The van der Waals surface area contributed by atoms with E-state index >= 15 is 0 Å². The standard InChI is InChI=1S/C14H18N2O3/c1-9(7-15)13(17)16-5-4-10-2-3-11(14(18)19)6-12(10)8-16/h2-3,6,9H,4-5,7-8,15H2,1H3,(H,18,19). The van der Waals surface area contributed by atoms with Crippen molar-refractivity contribution in [3.63, 3.8) is 0 Å². The predicted octanol–water partition coefficient (Wildman–Crippen LogP) is 0.864. The number of carboxylic acid groups (broad SMARTS) is 1. The van der Waals surface area contributed by atoms with Crippen molar-refractivity contribution in [2.75, 3.05) is 13.1 Å². The molecule has 1 aliphatic rings. The molecule has 0 aromatic heterocycles. The fourth-order valence-corrected chi connectivity index (χ4v) is 2.29. The van der Waals surface area contributed by atoms with Gasteiger partial charge in [0.2, 0.25) is 5.91 Å². The highest BCUT2D eigenvalue weighted by Gasteiger charge is 2.24. The van der Waals surface area contributed by atoms with Crippen LogP contribution in [0.2, 0.25) is 0 Å². The van der Waals surface area contributed by atoms with E-state index in [-0.39, 0.29) is 17.4 Å².